The maximum Gasteiger partial charge on any atom is 0.171 e. The van der Waals surface area contributed by atoms with Gasteiger partial charge in [-0.3, -0.25) is 0 Å². The molecule has 2 aromatic carbocycles. The van der Waals surface area contributed by atoms with E-state index < -0.39 is 0 Å². The lowest BCUT2D eigenvalue weighted by atomic mass is 10.1. The second-order valence-electron chi connectivity index (χ2n) is 4.63. The van der Waals surface area contributed by atoms with Crippen molar-refractivity contribution in [1.82, 2.24) is 5.32 Å². The molecule has 20 heavy (non-hydrogen) atoms. The number of nitrogens with one attached hydrogen (secondary N) is 2. The Morgan fingerprint density at radius 1 is 1.25 bits per heavy atom. The molecule has 3 N–H and O–H groups in total. The van der Waals surface area contributed by atoms with Gasteiger partial charge in [0, 0.05) is 29.6 Å². The lowest BCUT2D eigenvalue weighted by Crippen LogP contribution is -2.38. The summed E-state index contributed by atoms with van der Waals surface area (Å²) in [6.07, 6.45) is 0. The van der Waals surface area contributed by atoms with E-state index in [-0.39, 0.29) is 11.8 Å². The molecule has 0 aliphatic carbocycles. The molecule has 5 heteroatoms. The largest absolute Gasteiger partial charge is 0.507 e. The van der Waals surface area contributed by atoms with Gasteiger partial charge >= 0.3 is 0 Å². The molecule has 2 rings (SSSR count). The molecular weight excluding hydrogens is 272 g/mol. The van der Waals surface area contributed by atoms with Gasteiger partial charge in [-0.1, -0.05) is 24.3 Å². The van der Waals surface area contributed by atoms with Crippen molar-refractivity contribution < 1.29 is 9.84 Å². The molecule has 0 spiro atoms. The first-order valence-corrected chi connectivity index (χ1v) is 6.80. The van der Waals surface area contributed by atoms with E-state index in [1.807, 2.05) is 37.3 Å². The van der Waals surface area contributed by atoms with E-state index in [0.29, 0.717) is 11.7 Å². The minimum Gasteiger partial charge on any atom is -0.507 e. The van der Waals surface area contributed by atoms with Crippen LogP contribution < -0.4 is 10.6 Å². The van der Waals surface area contributed by atoms with Gasteiger partial charge in [0.05, 0.1) is 6.61 Å². The van der Waals surface area contributed by atoms with Gasteiger partial charge in [-0.05, 0) is 31.3 Å². The minimum absolute atomic E-state index is 0.128. The van der Waals surface area contributed by atoms with E-state index in [9.17, 15) is 5.11 Å². The lowest BCUT2D eigenvalue weighted by Gasteiger charge is -2.17. The van der Waals surface area contributed by atoms with Crippen molar-refractivity contribution in [1.29, 1.82) is 0 Å². The Morgan fingerprint density at radius 2 is 1.95 bits per heavy atom. The highest BCUT2D eigenvalue weighted by Crippen LogP contribution is 2.29. The first-order chi connectivity index (χ1) is 9.61. The Hall–Kier alpha value is -1.85. The first-order valence-electron chi connectivity index (χ1n) is 6.39. The van der Waals surface area contributed by atoms with Gasteiger partial charge in [0.25, 0.3) is 0 Å². The Labute approximate surface area is 123 Å². The number of thiocarbonyl (C=S) groups is 1. The maximum atomic E-state index is 9.85. The summed E-state index contributed by atoms with van der Waals surface area (Å²) in [5.74, 6) is 0.262. The second-order valence-corrected chi connectivity index (χ2v) is 5.04. The average Bonchev–Trinajstić information content (AvgIpc) is 2.40. The van der Waals surface area contributed by atoms with Crippen molar-refractivity contribution in [2.75, 3.05) is 19.0 Å². The zero-order valence-electron chi connectivity index (χ0n) is 11.5. The van der Waals surface area contributed by atoms with Crippen molar-refractivity contribution >= 4 is 33.8 Å². The van der Waals surface area contributed by atoms with E-state index in [1.165, 1.54) is 0 Å². The number of hydrogen-bond acceptors (Lipinski definition) is 3. The van der Waals surface area contributed by atoms with Crippen LogP contribution in [0.4, 0.5) is 5.69 Å². The Balaban J connectivity index is 2.18. The summed E-state index contributed by atoms with van der Waals surface area (Å²) < 4.78 is 5.06. The highest BCUT2D eigenvalue weighted by atomic mass is 32.1. The summed E-state index contributed by atoms with van der Waals surface area (Å²) >= 11 is 5.28. The smallest absolute Gasteiger partial charge is 0.171 e. The van der Waals surface area contributed by atoms with Crippen molar-refractivity contribution in [2.24, 2.45) is 0 Å². The standard InChI is InChI=1S/C15H18N2O2S/c1-10(9-19-2)16-15(20)17-13-7-3-6-12-11(13)5-4-8-14(12)18/h3-8,10,18H,9H2,1-2H3,(H2,16,17,20). The number of hydrogen-bond donors (Lipinski definition) is 3. The van der Waals surface area contributed by atoms with Gasteiger partial charge in [-0.15, -0.1) is 0 Å². The molecule has 0 aromatic heterocycles. The number of phenolic OH excluding ortho intramolecular Hbond substituents is 1. The van der Waals surface area contributed by atoms with Crippen LogP contribution in [0.5, 0.6) is 5.75 Å². The molecule has 2 aromatic rings. The fourth-order valence-corrected chi connectivity index (χ4v) is 2.39. The molecule has 1 atom stereocenters. The number of fused-ring (bicyclic) bond motifs is 1. The molecule has 0 saturated carbocycles. The highest BCUT2D eigenvalue weighted by Gasteiger charge is 2.07. The van der Waals surface area contributed by atoms with E-state index >= 15 is 0 Å². The van der Waals surface area contributed by atoms with Gasteiger partial charge in [0.1, 0.15) is 5.75 Å². The summed E-state index contributed by atoms with van der Waals surface area (Å²) in [6, 6.07) is 11.2. The highest BCUT2D eigenvalue weighted by molar-refractivity contribution is 7.80. The van der Waals surface area contributed by atoms with Crippen LogP contribution in [0.3, 0.4) is 0 Å². The molecule has 0 amide bonds. The van der Waals surface area contributed by atoms with E-state index in [0.717, 1.165) is 16.5 Å². The van der Waals surface area contributed by atoms with Gasteiger partial charge in [-0.25, -0.2) is 0 Å². The topological polar surface area (TPSA) is 53.5 Å². The van der Waals surface area contributed by atoms with E-state index in [4.69, 9.17) is 17.0 Å². The van der Waals surface area contributed by atoms with Gasteiger partial charge in [-0.2, -0.15) is 0 Å². The third kappa shape index (κ3) is 3.37. The lowest BCUT2D eigenvalue weighted by molar-refractivity contribution is 0.179. The first kappa shape index (κ1) is 14.6. The summed E-state index contributed by atoms with van der Waals surface area (Å²) in [5, 5.41) is 18.4. The van der Waals surface area contributed by atoms with E-state index in [2.05, 4.69) is 10.6 Å². The Morgan fingerprint density at radius 3 is 2.70 bits per heavy atom. The fourth-order valence-electron chi connectivity index (χ4n) is 2.08. The zero-order chi connectivity index (χ0) is 14.5. The quantitative estimate of drug-likeness (QED) is 0.756. The number of anilines is 1. The summed E-state index contributed by atoms with van der Waals surface area (Å²) in [6.45, 7) is 2.57. The number of ether oxygens (including phenoxy) is 1. The molecule has 0 fully saturated rings. The van der Waals surface area contributed by atoms with Gasteiger partial charge < -0.3 is 20.5 Å². The second kappa shape index (κ2) is 6.54. The molecule has 106 valence electrons. The molecule has 0 aliphatic heterocycles. The monoisotopic (exact) mass is 290 g/mol. The van der Waals surface area contributed by atoms with Crippen LogP contribution in [0.25, 0.3) is 10.8 Å². The normalized spacial score (nSPS) is 12.1. The summed E-state index contributed by atoms with van der Waals surface area (Å²) in [7, 11) is 1.65. The average molecular weight is 290 g/mol. The maximum absolute atomic E-state index is 9.85. The number of methoxy groups -OCH3 is 1. The molecule has 0 aliphatic rings. The van der Waals surface area contributed by atoms with Gasteiger partial charge in [0.15, 0.2) is 5.11 Å². The SMILES string of the molecule is COCC(C)NC(=S)Nc1cccc2c(O)cccc12. The van der Waals surface area contributed by atoms with Crippen LogP contribution in [0.1, 0.15) is 6.92 Å². The predicted octanol–water partition coefficient (Wildman–Crippen LogP) is 2.87. The number of rotatable bonds is 4. The molecule has 0 saturated heterocycles. The minimum atomic E-state index is 0.128. The summed E-state index contributed by atoms with van der Waals surface area (Å²) in [5.41, 5.74) is 0.862. The molecular formula is C15H18N2O2S. The number of benzene rings is 2. The van der Waals surface area contributed by atoms with Crippen molar-refractivity contribution in [2.45, 2.75) is 13.0 Å². The van der Waals surface area contributed by atoms with Crippen molar-refractivity contribution in [3.05, 3.63) is 36.4 Å². The van der Waals surface area contributed by atoms with Gasteiger partial charge in [0.2, 0.25) is 0 Å². The summed E-state index contributed by atoms with van der Waals surface area (Å²) in [4.78, 5) is 0. The van der Waals surface area contributed by atoms with Crippen LogP contribution in [0.15, 0.2) is 36.4 Å². The van der Waals surface area contributed by atoms with Crippen LogP contribution in [0, 0.1) is 0 Å². The van der Waals surface area contributed by atoms with Crippen molar-refractivity contribution in [3.63, 3.8) is 0 Å². The van der Waals surface area contributed by atoms with Crippen molar-refractivity contribution in [3.8, 4) is 5.75 Å². The molecule has 0 heterocycles. The number of aromatic hydroxyl groups is 1. The van der Waals surface area contributed by atoms with E-state index in [1.54, 1.807) is 13.2 Å². The molecule has 0 bridgehead atoms. The Kier molecular flexibility index (Phi) is 4.76. The predicted molar refractivity (Wildman–Crippen MR) is 86.3 cm³/mol. The molecule has 4 nitrogen and oxygen atoms in total. The number of phenols is 1. The van der Waals surface area contributed by atoms with Crippen LogP contribution in [-0.4, -0.2) is 30.0 Å². The third-order valence-corrected chi connectivity index (χ3v) is 3.16. The molecule has 1 unspecified atom stereocenters. The van der Waals surface area contributed by atoms with Crippen LogP contribution >= 0.6 is 12.2 Å². The third-order valence-electron chi connectivity index (χ3n) is 2.94. The van der Waals surface area contributed by atoms with Crippen LogP contribution in [0.2, 0.25) is 0 Å². The fraction of sp³-hybridized carbons (Fsp3) is 0.267. The zero-order valence-corrected chi connectivity index (χ0v) is 12.3. The van der Waals surface area contributed by atoms with Crippen LogP contribution in [-0.2, 0) is 4.74 Å². The Bertz CT molecular complexity index is 616. The molecule has 0 radical (unpaired) electrons.